The zero-order valence-electron chi connectivity index (χ0n) is 33.2. The summed E-state index contributed by atoms with van der Waals surface area (Å²) in [5, 5.41) is 7.95. The number of fused-ring (bicyclic) bond motifs is 18. The highest BCUT2D eigenvalue weighted by molar-refractivity contribution is 7.27. The van der Waals surface area contributed by atoms with Gasteiger partial charge in [0.1, 0.15) is 0 Å². The highest BCUT2D eigenvalue weighted by Gasteiger charge is 2.52. The van der Waals surface area contributed by atoms with Crippen LogP contribution in [-0.2, 0) is 10.8 Å². The van der Waals surface area contributed by atoms with Crippen LogP contribution in [0.25, 0.3) is 85.8 Å². The van der Waals surface area contributed by atoms with Gasteiger partial charge in [-0.05, 0) is 103 Å². The SMILES string of the molecule is CC1(C)c2ccccc2N(c2cccc3c2sc2c4c(ccc23)C2(c3cccnc3-c3ncccc32)c2ccc3c5c(ccc-4c25)C=C3)c2cc3sc4ccccc4c3cc21. The van der Waals surface area contributed by atoms with Crippen LogP contribution in [-0.4, -0.2) is 9.97 Å². The second-order valence-corrected chi connectivity index (χ2v) is 19.7. The summed E-state index contributed by atoms with van der Waals surface area (Å²) in [7, 11) is 0. The van der Waals surface area contributed by atoms with Crippen molar-refractivity contribution in [3.63, 3.8) is 0 Å². The fourth-order valence-corrected chi connectivity index (χ4v) is 14.5. The van der Waals surface area contributed by atoms with Crippen LogP contribution in [0.2, 0.25) is 0 Å². The lowest BCUT2D eigenvalue weighted by atomic mass is 9.61. The van der Waals surface area contributed by atoms with E-state index in [9.17, 15) is 0 Å². The van der Waals surface area contributed by atoms with Gasteiger partial charge in [0.2, 0.25) is 0 Å². The average molecular weight is 812 g/mol. The summed E-state index contributed by atoms with van der Waals surface area (Å²) in [5.74, 6) is 0. The number of aromatic nitrogens is 2. The molecule has 1 aliphatic heterocycles. The van der Waals surface area contributed by atoms with Crippen molar-refractivity contribution in [2.24, 2.45) is 0 Å². The van der Waals surface area contributed by atoms with Crippen molar-refractivity contribution in [3.05, 3.63) is 196 Å². The van der Waals surface area contributed by atoms with Crippen LogP contribution in [0.15, 0.2) is 152 Å². The van der Waals surface area contributed by atoms with E-state index < -0.39 is 5.41 Å². The van der Waals surface area contributed by atoms with Crippen LogP contribution in [0.5, 0.6) is 0 Å². The number of nitrogens with zero attached hydrogens (tertiary/aromatic N) is 3. The maximum Gasteiger partial charge on any atom is 0.0937 e. The van der Waals surface area contributed by atoms with Crippen LogP contribution in [0.4, 0.5) is 17.1 Å². The molecule has 0 radical (unpaired) electrons. The molecule has 0 amide bonds. The number of para-hydroxylation sites is 1. The van der Waals surface area contributed by atoms with Crippen LogP contribution in [0, 0.1) is 0 Å². The molecule has 7 aromatic carbocycles. The lowest BCUT2D eigenvalue weighted by Crippen LogP contribution is -2.32. The van der Waals surface area contributed by atoms with Gasteiger partial charge in [0.25, 0.3) is 0 Å². The molecule has 0 atom stereocenters. The van der Waals surface area contributed by atoms with Crippen molar-refractivity contribution in [3.8, 4) is 22.5 Å². The van der Waals surface area contributed by atoms with Crippen molar-refractivity contribution < 1.29 is 0 Å². The molecule has 4 aliphatic rings. The van der Waals surface area contributed by atoms with Crippen molar-refractivity contribution >= 4 is 103 Å². The Bertz CT molecular complexity index is 3820. The molecular weight excluding hydrogens is 779 g/mol. The van der Waals surface area contributed by atoms with E-state index >= 15 is 0 Å². The zero-order chi connectivity index (χ0) is 39.9. The monoisotopic (exact) mass is 811 g/mol. The summed E-state index contributed by atoms with van der Waals surface area (Å²) in [6.07, 6.45) is 8.41. The van der Waals surface area contributed by atoms with Gasteiger partial charge in [0.15, 0.2) is 0 Å². The third kappa shape index (κ3) is 3.79. The van der Waals surface area contributed by atoms with Gasteiger partial charge in [-0.3, -0.25) is 9.97 Å². The molecule has 5 heteroatoms. The van der Waals surface area contributed by atoms with Gasteiger partial charge in [-0.2, -0.15) is 0 Å². The second-order valence-electron chi connectivity index (χ2n) is 17.6. The number of benzene rings is 7. The first-order valence-electron chi connectivity index (χ1n) is 21.1. The topological polar surface area (TPSA) is 29.0 Å². The van der Waals surface area contributed by atoms with Gasteiger partial charge < -0.3 is 4.90 Å². The first-order chi connectivity index (χ1) is 30.0. The highest BCUT2D eigenvalue weighted by Crippen LogP contribution is 2.64. The third-order valence-corrected chi connectivity index (χ3v) is 16.9. The van der Waals surface area contributed by atoms with Crippen LogP contribution < -0.4 is 4.90 Å². The van der Waals surface area contributed by atoms with E-state index in [1.54, 1.807) is 0 Å². The van der Waals surface area contributed by atoms with Crippen LogP contribution in [0.1, 0.15) is 58.4 Å². The van der Waals surface area contributed by atoms with E-state index in [4.69, 9.17) is 9.97 Å². The molecule has 61 heavy (non-hydrogen) atoms. The fraction of sp³-hybridized carbons (Fsp3) is 0.0714. The quantitative estimate of drug-likeness (QED) is 0.165. The summed E-state index contributed by atoms with van der Waals surface area (Å²) in [5.41, 5.74) is 17.9. The number of rotatable bonds is 1. The number of hydrogen-bond donors (Lipinski definition) is 0. The Balaban J connectivity index is 1.07. The number of thiophene rings is 2. The summed E-state index contributed by atoms with van der Waals surface area (Å²) in [6, 6.07) is 53.0. The third-order valence-electron chi connectivity index (χ3n) is 14.5. The van der Waals surface area contributed by atoms with E-state index in [0.29, 0.717) is 0 Å². The molecule has 0 bridgehead atoms. The molecule has 4 aromatic heterocycles. The number of pyridine rings is 2. The normalized spacial score (nSPS) is 15.5. The molecule has 15 rings (SSSR count). The molecular formula is C56H33N3S2. The van der Waals surface area contributed by atoms with Gasteiger partial charge in [0.05, 0.1) is 38.6 Å². The minimum absolute atomic E-state index is 0.193. The van der Waals surface area contributed by atoms with E-state index in [-0.39, 0.29) is 5.41 Å². The number of anilines is 3. The first-order valence-corrected chi connectivity index (χ1v) is 22.7. The van der Waals surface area contributed by atoms with Gasteiger partial charge in [-0.15, -0.1) is 22.7 Å². The van der Waals surface area contributed by atoms with Crippen LogP contribution in [0.3, 0.4) is 0 Å². The fourth-order valence-electron chi connectivity index (χ4n) is 12.0. The Morgan fingerprint density at radius 2 is 1.15 bits per heavy atom. The average Bonchev–Trinajstić information content (AvgIpc) is 4.07. The summed E-state index contributed by atoms with van der Waals surface area (Å²) < 4.78 is 5.27. The van der Waals surface area contributed by atoms with Gasteiger partial charge in [-0.25, -0.2) is 0 Å². The molecule has 3 aliphatic carbocycles. The maximum atomic E-state index is 5.05. The Morgan fingerprint density at radius 3 is 1.98 bits per heavy atom. The summed E-state index contributed by atoms with van der Waals surface area (Å²) >= 11 is 3.85. The lowest BCUT2D eigenvalue weighted by Gasteiger charge is -2.42. The lowest BCUT2D eigenvalue weighted by molar-refractivity contribution is 0.633. The zero-order valence-corrected chi connectivity index (χ0v) is 34.9. The second kappa shape index (κ2) is 11.1. The maximum absolute atomic E-state index is 5.05. The standard InChI is InChI=1S/C56H33N3S2/c1-55(2)37-12-4-5-15-43(37)59(45-29-47-36(28-42(45)55)32-10-3-6-17-46(32)60-47)44-16-7-11-33-34-23-25-39-50(54(34)61-53(33)44)35-22-20-30-18-19-31-21-24-38(49(35)48(30)31)56(39)40-13-8-26-57-51(40)52-41(56)14-9-27-58-52/h3-29H,1-2H3. The smallest absolute Gasteiger partial charge is 0.0937 e. The molecule has 284 valence electrons. The Kier molecular flexibility index (Phi) is 5.96. The Labute approximate surface area is 359 Å². The number of hydrogen-bond acceptors (Lipinski definition) is 5. The Morgan fingerprint density at radius 1 is 0.459 bits per heavy atom. The highest BCUT2D eigenvalue weighted by atomic mass is 32.1. The van der Waals surface area contributed by atoms with Crippen molar-refractivity contribution in [1.82, 2.24) is 9.97 Å². The van der Waals surface area contributed by atoms with Crippen LogP contribution >= 0.6 is 22.7 Å². The minimum Gasteiger partial charge on any atom is -0.308 e. The van der Waals surface area contributed by atoms with Crippen molar-refractivity contribution in [2.45, 2.75) is 24.7 Å². The molecule has 0 saturated carbocycles. The molecule has 0 unspecified atom stereocenters. The molecule has 0 fully saturated rings. The van der Waals surface area contributed by atoms with Crippen molar-refractivity contribution in [2.75, 3.05) is 4.90 Å². The van der Waals surface area contributed by atoms with Gasteiger partial charge >= 0.3 is 0 Å². The van der Waals surface area contributed by atoms with Gasteiger partial charge in [0, 0.05) is 59.0 Å². The first kappa shape index (κ1) is 32.9. The minimum atomic E-state index is -0.575. The summed E-state index contributed by atoms with van der Waals surface area (Å²) in [4.78, 5) is 12.7. The predicted molar refractivity (Wildman–Crippen MR) is 257 cm³/mol. The molecule has 1 spiro atoms. The Hall–Kier alpha value is -6.92. The van der Waals surface area contributed by atoms with E-state index in [1.807, 2.05) is 35.1 Å². The summed E-state index contributed by atoms with van der Waals surface area (Å²) in [6.45, 7) is 4.80. The molecule has 0 N–H and O–H groups in total. The predicted octanol–water partition coefficient (Wildman–Crippen LogP) is 15.3. The van der Waals surface area contributed by atoms with Crippen molar-refractivity contribution in [1.29, 1.82) is 0 Å². The van der Waals surface area contributed by atoms with E-state index in [1.165, 1.54) is 124 Å². The molecule has 3 nitrogen and oxygen atoms in total. The van der Waals surface area contributed by atoms with E-state index in [0.717, 1.165) is 11.4 Å². The molecule has 11 aromatic rings. The largest absolute Gasteiger partial charge is 0.308 e. The van der Waals surface area contributed by atoms with Gasteiger partial charge in [-0.1, -0.05) is 123 Å². The molecule has 5 heterocycles. The molecule has 0 saturated heterocycles. The van der Waals surface area contributed by atoms with E-state index in [2.05, 4.69) is 170 Å².